The molecule has 1 saturated heterocycles. The van der Waals surface area contributed by atoms with Gasteiger partial charge in [0, 0.05) is 12.1 Å². The van der Waals surface area contributed by atoms with Crippen molar-refractivity contribution in [1.29, 1.82) is 0 Å². The van der Waals surface area contributed by atoms with Crippen LogP contribution in [0.1, 0.15) is 33.6 Å². The van der Waals surface area contributed by atoms with Gasteiger partial charge >= 0.3 is 5.97 Å². The standard InChI is InChI=1S/C9H17NO2/c1-6-4-5-7(2)10(6)8(3)9(11)12/h6-8H,4-5H2,1-3H3,(H,11,12)/t6-,7-,8+/m1/s1. The van der Waals surface area contributed by atoms with Gasteiger partial charge in [-0.2, -0.15) is 0 Å². The number of carbonyl (C=O) groups is 1. The number of rotatable bonds is 2. The number of aliphatic carboxylic acids is 1. The van der Waals surface area contributed by atoms with Crippen molar-refractivity contribution in [1.82, 2.24) is 4.90 Å². The maximum Gasteiger partial charge on any atom is 0.320 e. The number of carboxylic acids is 1. The van der Waals surface area contributed by atoms with E-state index in [0.717, 1.165) is 12.8 Å². The third-order valence-electron chi connectivity index (χ3n) is 2.82. The van der Waals surface area contributed by atoms with Crippen LogP contribution in [0.4, 0.5) is 0 Å². The van der Waals surface area contributed by atoms with Crippen LogP contribution in [0, 0.1) is 0 Å². The SMILES string of the molecule is C[C@@H]1CC[C@@H](C)N1[C@@H](C)C(=O)O. The number of likely N-dealkylation sites (tertiary alicyclic amines) is 1. The molecule has 0 saturated carbocycles. The van der Waals surface area contributed by atoms with Gasteiger partial charge in [0.1, 0.15) is 6.04 Å². The smallest absolute Gasteiger partial charge is 0.320 e. The second-order valence-corrected chi connectivity index (χ2v) is 3.74. The molecule has 3 atom stereocenters. The van der Waals surface area contributed by atoms with Gasteiger partial charge in [-0.1, -0.05) is 0 Å². The second-order valence-electron chi connectivity index (χ2n) is 3.74. The van der Waals surface area contributed by atoms with Crippen LogP contribution in [-0.2, 0) is 4.79 Å². The van der Waals surface area contributed by atoms with E-state index in [1.807, 2.05) is 0 Å². The lowest BCUT2D eigenvalue weighted by molar-refractivity contribution is -0.143. The maximum atomic E-state index is 10.7. The van der Waals surface area contributed by atoms with Crippen LogP contribution < -0.4 is 0 Å². The molecule has 70 valence electrons. The van der Waals surface area contributed by atoms with Crippen molar-refractivity contribution < 1.29 is 9.90 Å². The molecule has 1 rings (SSSR count). The largest absolute Gasteiger partial charge is 0.480 e. The Hall–Kier alpha value is -0.570. The van der Waals surface area contributed by atoms with E-state index in [-0.39, 0.29) is 6.04 Å². The summed E-state index contributed by atoms with van der Waals surface area (Å²) in [6.07, 6.45) is 2.25. The first kappa shape index (κ1) is 9.52. The highest BCUT2D eigenvalue weighted by molar-refractivity contribution is 5.73. The molecule has 1 aliphatic heterocycles. The zero-order chi connectivity index (χ0) is 9.30. The van der Waals surface area contributed by atoms with Crippen LogP contribution in [0.3, 0.4) is 0 Å². The molecule has 1 aliphatic rings. The van der Waals surface area contributed by atoms with Crippen LogP contribution in [0.15, 0.2) is 0 Å². The molecule has 3 nitrogen and oxygen atoms in total. The van der Waals surface area contributed by atoms with Crippen LogP contribution in [0.5, 0.6) is 0 Å². The monoisotopic (exact) mass is 171 g/mol. The summed E-state index contributed by atoms with van der Waals surface area (Å²) in [6.45, 7) is 5.96. The minimum absolute atomic E-state index is 0.336. The van der Waals surface area contributed by atoms with E-state index >= 15 is 0 Å². The molecular weight excluding hydrogens is 154 g/mol. The van der Waals surface area contributed by atoms with Gasteiger partial charge in [-0.15, -0.1) is 0 Å². The minimum atomic E-state index is -0.712. The third-order valence-corrected chi connectivity index (χ3v) is 2.82. The first-order valence-corrected chi connectivity index (χ1v) is 4.54. The lowest BCUT2D eigenvalue weighted by Gasteiger charge is -2.29. The highest BCUT2D eigenvalue weighted by Crippen LogP contribution is 2.25. The van der Waals surface area contributed by atoms with Gasteiger partial charge in [-0.3, -0.25) is 9.69 Å². The normalized spacial score (nSPS) is 33.6. The van der Waals surface area contributed by atoms with Crippen LogP contribution >= 0.6 is 0 Å². The third kappa shape index (κ3) is 1.61. The summed E-state index contributed by atoms with van der Waals surface area (Å²) in [4.78, 5) is 12.8. The average molecular weight is 171 g/mol. The van der Waals surface area contributed by atoms with E-state index in [9.17, 15) is 4.79 Å². The molecule has 0 amide bonds. The van der Waals surface area contributed by atoms with Gasteiger partial charge in [-0.25, -0.2) is 0 Å². The molecule has 0 spiro atoms. The van der Waals surface area contributed by atoms with E-state index in [4.69, 9.17) is 5.11 Å². The van der Waals surface area contributed by atoms with Crippen molar-refractivity contribution in [3.05, 3.63) is 0 Å². The molecule has 1 heterocycles. The van der Waals surface area contributed by atoms with Gasteiger partial charge in [0.25, 0.3) is 0 Å². The average Bonchev–Trinajstić information content (AvgIpc) is 2.30. The molecule has 3 heteroatoms. The van der Waals surface area contributed by atoms with E-state index in [2.05, 4.69) is 18.7 Å². The number of nitrogens with zero attached hydrogens (tertiary/aromatic N) is 1. The molecule has 0 aromatic heterocycles. The minimum Gasteiger partial charge on any atom is -0.480 e. The molecule has 0 aromatic rings. The van der Waals surface area contributed by atoms with Crippen LogP contribution in [-0.4, -0.2) is 34.1 Å². The van der Waals surface area contributed by atoms with Crippen LogP contribution in [0.25, 0.3) is 0 Å². The van der Waals surface area contributed by atoms with E-state index < -0.39 is 5.97 Å². The molecule has 0 bridgehead atoms. The topological polar surface area (TPSA) is 40.5 Å². The summed E-state index contributed by atoms with van der Waals surface area (Å²) in [5.41, 5.74) is 0. The molecule has 0 aliphatic carbocycles. The molecule has 1 fully saturated rings. The fourth-order valence-electron chi connectivity index (χ4n) is 2.11. The summed E-state index contributed by atoms with van der Waals surface area (Å²) in [5, 5.41) is 8.84. The van der Waals surface area contributed by atoms with Gasteiger partial charge in [-0.05, 0) is 33.6 Å². The number of hydrogen-bond acceptors (Lipinski definition) is 2. The Labute approximate surface area is 73.4 Å². The molecule has 1 N–H and O–H groups in total. The summed E-state index contributed by atoms with van der Waals surface area (Å²) in [6, 6.07) is 0.509. The summed E-state index contributed by atoms with van der Waals surface area (Å²) >= 11 is 0. The Kier molecular flexibility index (Phi) is 2.73. The first-order chi connectivity index (χ1) is 5.54. The highest BCUT2D eigenvalue weighted by atomic mass is 16.4. The number of carboxylic acid groups (broad SMARTS) is 1. The zero-order valence-corrected chi connectivity index (χ0v) is 7.95. The Morgan fingerprint density at radius 3 is 2.17 bits per heavy atom. The molecule has 0 radical (unpaired) electrons. The van der Waals surface area contributed by atoms with Gasteiger partial charge in [0.2, 0.25) is 0 Å². The molecular formula is C9H17NO2. The van der Waals surface area contributed by atoms with Gasteiger partial charge in [0.15, 0.2) is 0 Å². The van der Waals surface area contributed by atoms with Crippen molar-refractivity contribution in [3.8, 4) is 0 Å². The van der Waals surface area contributed by atoms with Crippen LogP contribution in [0.2, 0.25) is 0 Å². The Balaban J connectivity index is 2.65. The summed E-state index contributed by atoms with van der Waals surface area (Å²) in [5.74, 6) is -0.712. The van der Waals surface area contributed by atoms with Crippen molar-refractivity contribution >= 4 is 5.97 Å². The van der Waals surface area contributed by atoms with Gasteiger partial charge < -0.3 is 5.11 Å². The van der Waals surface area contributed by atoms with Crippen molar-refractivity contribution in [2.75, 3.05) is 0 Å². The van der Waals surface area contributed by atoms with E-state index in [1.165, 1.54) is 0 Å². The Morgan fingerprint density at radius 1 is 1.42 bits per heavy atom. The fourth-order valence-corrected chi connectivity index (χ4v) is 2.11. The lowest BCUT2D eigenvalue weighted by atomic mass is 10.2. The Morgan fingerprint density at radius 2 is 1.83 bits per heavy atom. The predicted octanol–water partition coefficient (Wildman–Crippen LogP) is 1.33. The number of hydrogen-bond donors (Lipinski definition) is 1. The van der Waals surface area contributed by atoms with Gasteiger partial charge in [0.05, 0.1) is 0 Å². The van der Waals surface area contributed by atoms with Crippen molar-refractivity contribution in [2.45, 2.75) is 51.7 Å². The quantitative estimate of drug-likeness (QED) is 0.681. The molecule has 0 unspecified atom stereocenters. The second kappa shape index (κ2) is 3.44. The lowest BCUT2D eigenvalue weighted by Crippen LogP contribution is -2.44. The zero-order valence-electron chi connectivity index (χ0n) is 7.95. The molecule has 0 aromatic carbocycles. The molecule has 12 heavy (non-hydrogen) atoms. The fraction of sp³-hybridized carbons (Fsp3) is 0.889. The van der Waals surface area contributed by atoms with Crippen molar-refractivity contribution in [2.24, 2.45) is 0 Å². The van der Waals surface area contributed by atoms with E-state index in [0.29, 0.717) is 12.1 Å². The predicted molar refractivity (Wildman–Crippen MR) is 47.1 cm³/mol. The summed E-state index contributed by atoms with van der Waals surface area (Å²) in [7, 11) is 0. The maximum absolute atomic E-state index is 10.7. The van der Waals surface area contributed by atoms with Crippen molar-refractivity contribution in [3.63, 3.8) is 0 Å². The summed E-state index contributed by atoms with van der Waals surface area (Å²) < 4.78 is 0. The Bertz CT molecular complexity index is 171. The first-order valence-electron chi connectivity index (χ1n) is 4.54. The van der Waals surface area contributed by atoms with E-state index in [1.54, 1.807) is 6.92 Å². The highest BCUT2D eigenvalue weighted by Gasteiger charge is 2.33.